The fraction of sp³-hybridized carbons (Fsp3) is 0.190. The van der Waals surface area contributed by atoms with Gasteiger partial charge in [0.2, 0.25) is 0 Å². The zero-order valence-corrected chi connectivity index (χ0v) is 14.9. The van der Waals surface area contributed by atoms with Crippen molar-refractivity contribution in [1.29, 1.82) is 0 Å². The number of halogens is 1. The van der Waals surface area contributed by atoms with E-state index in [-0.39, 0.29) is 17.4 Å². The average Bonchev–Trinajstić information content (AvgIpc) is 2.72. The molecule has 0 spiro atoms. The van der Waals surface area contributed by atoms with Crippen LogP contribution in [0.4, 0.5) is 10.2 Å². The number of aryl methyl sites for hydroxylation is 1. The van der Waals surface area contributed by atoms with Crippen molar-refractivity contribution in [3.63, 3.8) is 0 Å². The van der Waals surface area contributed by atoms with Crippen LogP contribution in [0.25, 0.3) is 0 Å². The van der Waals surface area contributed by atoms with E-state index in [2.05, 4.69) is 32.7 Å². The van der Waals surface area contributed by atoms with E-state index < -0.39 is 0 Å². The Bertz CT molecular complexity index is 852. The van der Waals surface area contributed by atoms with Crippen molar-refractivity contribution < 1.29 is 9.18 Å². The first-order chi connectivity index (χ1) is 13.2. The summed E-state index contributed by atoms with van der Waals surface area (Å²) in [6.07, 6.45) is 4.96. The number of hydrogen-bond acceptors (Lipinski definition) is 4. The molecule has 2 N–H and O–H groups in total. The highest BCUT2D eigenvalue weighted by atomic mass is 19.1. The van der Waals surface area contributed by atoms with Crippen molar-refractivity contribution in [2.45, 2.75) is 19.4 Å². The molecule has 0 bridgehead atoms. The van der Waals surface area contributed by atoms with Gasteiger partial charge in [-0.15, -0.1) is 0 Å². The van der Waals surface area contributed by atoms with Gasteiger partial charge in [-0.25, -0.2) is 14.4 Å². The third-order valence-electron chi connectivity index (χ3n) is 4.04. The highest BCUT2D eigenvalue weighted by Gasteiger charge is 2.08. The largest absolute Gasteiger partial charge is 0.369 e. The third-order valence-corrected chi connectivity index (χ3v) is 4.04. The standard InChI is InChI=1S/C21H21FN4O/c22-18-10-8-17(9-11-18)13-26-21(27)19-14-25-20(15-24-19)23-12-4-7-16-5-2-1-3-6-16/h1-3,5-6,8-11,14-15H,4,7,12-13H2,(H,23,25)(H,26,27). The lowest BCUT2D eigenvalue weighted by atomic mass is 10.1. The Labute approximate surface area is 157 Å². The van der Waals surface area contributed by atoms with Crippen molar-refractivity contribution in [2.24, 2.45) is 0 Å². The topological polar surface area (TPSA) is 66.9 Å². The van der Waals surface area contributed by atoms with Crippen LogP contribution >= 0.6 is 0 Å². The quantitative estimate of drug-likeness (QED) is 0.600. The zero-order valence-electron chi connectivity index (χ0n) is 14.9. The van der Waals surface area contributed by atoms with Gasteiger partial charge in [-0.3, -0.25) is 4.79 Å². The summed E-state index contributed by atoms with van der Waals surface area (Å²) in [7, 11) is 0. The molecule has 0 radical (unpaired) electrons. The molecule has 0 unspecified atom stereocenters. The Morgan fingerprint density at radius 1 is 0.926 bits per heavy atom. The summed E-state index contributed by atoms with van der Waals surface area (Å²) in [6.45, 7) is 1.08. The fourth-order valence-electron chi connectivity index (χ4n) is 2.57. The Balaban J connectivity index is 1.42. The van der Waals surface area contributed by atoms with Gasteiger partial charge in [0.1, 0.15) is 17.3 Å². The van der Waals surface area contributed by atoms with Crippen LogP contribution in [-0.2, 0) is 13.0 Å². The van der Waals surface area contributed by atoms with Gasteiger partial charge in [-0.2, -0.15) is 0 Å². The molecular weight excluding hydrogens is 343 g/mol. The first kappa shape index (κ1) is 18.5. The molecule has 0 saturated heterocycles. The van der Waals surface area contributed by atoms with Crippen molar-refractivity contribution in [1.82, 2.24) is 15.3 Å². The monoisotopic (exact) mass is 364 g/mol. The summed E-state index contributed by atoms with van der Waals surface area (Å²) in [5.74, 6) is 0.0170. The molecule has 6 heteroatoms. The summed E-state index contributed by atoms with van der Waals surface area (Å²) in [6, 6.07) is 16.3. The maximum absolute atomic E-state index is 12.9. The van der Waals surface area contributed by atoms with Crippen molar-refractivity contribution in [3.8, 4) is 0 Å². The summed E-state index contributed by atoms with van der Waals surface area (Å²) in [5.41, 5.74) is 2.36. The first-order valence-corrected chi connectivity index (χ1v) is 8.83. The van der Waals surface area contributed by atoms with Crippen LogP contribution in [-0.4, -0.2) is 22.4 Å². The maximum Gasteiger partial charge on any atom is 0.271 e. The van der Waals surface area contributed by atoms with Gasteiger partial charge in [-0.1, -0.05) is 42.5 Å². The molecule has 3 rings (SSSR count). The Hall–Kier alpha value is -3.28. The minimum Gasteiger partial charge on any atom is -0.369 e. The second kappa shape index (κ2) is 9.43. The van der Waals surface area contributed by atoms with Crippen molar-refractivity contribution >= 4 is 11.7 Å². The highest BCUT2D eigenvalue weighted by molar-refractivity contribution is 5.91. The van der Waals surface area contributed by atoms with E-state index in [0.29, 0.717) is 12.4 Å². The van der Waals surface area contributed by atoms with Crippen LogP contribution < -0.4 is 10.6 Å². The Kier molecular flexibility index (Phi) is 6.46. The number of anilines is 1. The van der Waals surface area contributed by atoms with Crippen LogP contribution in [0.3, 0.4) is 0 Å². The highest BCUT2D eigenvalue weighted by Crippen LogP contribution is 2.06. The molecule has 0 aliphatic rings. The summed E-state index contributed by atoms with van der Waals surface area (Å²) in [5, 5.41) is 5.94. The summed E-state index contributed by atoms with van der Waals surface area (Å²) < 4.78 is 12.9. The number of nitrogens with zero attached hydrogens (tertiary/aromatic N) is 2. The molecule has 1 aromatic heterocycles. The normalized spacial score (nSPS) is 10.4. The van der Waals surface area contributed by atoms with E-state index in [9.17, 15) is 9.18 Å². The average molecular weight is 364 g/mol. The van der Waals surface area contributed by atoms with E-state index in [0.717, 1.165) is 24.9 Å². The fourth-order valence-corrected chi connectivity index (χ4v) is 2.57. The first-order valence-electron chi connectivity index (χ1n) is 8.83. The van der Waals surface area contributed by atoms with E-state index in [1.807, 2.05) is 18.2 Å². The predicted octanol–water partition coefficient (Wildman–Crippen LogP) is 3.59. The molecule has 2 aromatic carbocycles. The molecule has 1 amide bonds. The second-order valence-electron chi connectivity index (χ2n) is 6.11. The van der Waals surface area contributed by atoms with Gasteiger partial charge in [0.15, 0.2) is 0 Å². The number of amides is 1. The van der Waals surface area contributed by atoms with Crippen molar-refractivity contribution in [3.05, 3.63) is 89.6 Å². The van der Waals surface area contributed by atoms with Gasteiger partial charge >= 0.3 is 0 Å². The molecule has 27 heavy (non-hydrogen) atoms. The lowest BCUT2D eigenvalue weighted by Crippen LogP contribution is -2.24. The molecule has 1 heterocycles. The van der Waals surface area contributed by atoms with Crippen LogP contribution in [0.5, 0.6) is 0 Å². The van der Waals surface area contributed by atoms with Gasteiger partial charge in [-0.05, 0) is 36.1 Å². The van der Waals surface area contributed by atoms with Gasteiger partial charge in [0.25, 0.3) is 5.91 Å². The number of hydrogen-bond donors (Lipinski definition) is 2. The lowest BCUT2D eigenvalue weighted by molar-refractivity contribution is 0.0945. The van der Waals surface area contributed by atoms with E-state index in [1.165, 1.54) is 23.9 Å². The number of nitrogens with one attached hydrogen (secondary N) is 2. The lowest BCUT2D eigenvalue weighted by Gasteiger charge is -2.07. The van der Waals surface area contributed by atoms with E-state index in [4.69, 9.17) is 0 Å². The van der Waals surface area contributed by atoms with Crippen LogP contribution in [0, 0.1) is 5.82 Å². The van der Waals surface area contributed by atoms with Crippen LogP contribution in [0.2, 0.25) is 0 Å². The molecule has 0 aliphatic carbocycles. The minimum atomic E-state index is -0.317. The number of rotatable bonds is 8. The molecule has 0 saturated carbocycles. The number of carbonyl (C=O) groups is 1. The number of carbonyl (C=O) groups excluding carboxylic acids is 1. The summed E-state index contributed by atoms with van der Waals surface area (Å²) >= 11 is 0. The maximum atomic E-state index is 12.9. The molecule has 138 valence electrons. The third kappa shape index (κ3) is 5.88. The van der Waals surface area contributed by atoms with E-state index in [1.54, 1.807) is 18.3 Å². The number of aromatic nitrogens is 2. The molecular formula is C21H21FN4O. The smallest absolute Gasteiger partial charge is 0.271 e. The van der Waals surface area contributed by atoms with Crippen molar-refractivity contribution in [2.75, 3.05) is 11.9 Å². The zero-order chi connectivity index (χ0) is 18.9. The molecule has 0 aliphatic heterocycles. The Morgan fingerprint density at radius 3 is 2.41 bits per heavy atom. The SMILES string of the molecule is O=C(NCc1ccc(F)cc1)c1cnc(NCCCc2ccccc2)cn1. The van der Waals surface area contributed by atoms with E-state index >= 15 is 0 Å². The minimum absolute atomic E-state index is 0.243. The molecule has 0 fully saturated rings. The summed E-state index contributed by atoms with van der Waals surface area (Å²) in [4.78, 5) is 20.5. The van der Waals surface area contributed by atoms with Gasteiger partial charge in [0, 0.05) is 13.1 Å². The van der Waals surface area contributed by atoms with Crippen LogP contribution in [0.1, 0.15) is 28.0 Å². The Morgan fingerprint density at radius 2 is 1.70 bits per heavy atom. The molecule has 5 nitrogen and oxygen atoms in total. The molecule has 3 aromatic rings. The molecule has 0 atom stereocenters. The van der Waals surface area contributed by atoms with Crippen LogP contribution in [0.15, 0.2) is 67.0 Å². The van der Waals surface area contributed by atoms with Gasteiger partial charge in [0.05, 0.1) is 12.4 Å². The van der Waals surface area contributed by atoms with Gasteiger partial charge < -0.3 is 10.6 Å². The second-order valence-corrected chi connectivity index (χ2v) is 6.11. The predicted molar refractivity (Wildman–Crippen MR) is 103 cm³/mol. The number of benzene rings is 2.